The van der Waals surface area contributed by atoms with Crippen molar-refractivity contribution >= 4 is 11.7 Å². The van der Waals surface area contributed by atoms with Gasteiger partial charge < -0.3 is 0 Å². The Balaban J connectivity index is 2.52. The number of nitrogens with zero attached hydrogens (tertiary/aromatic N) is 4. The molecule has 2 heterocycles. The average molecular weight is 136 g/mol. The molecular weight excluding hydrogens is 132 g/mol. The number of fused-ring (bicyclic) bond motifs is 1. The van der Waals surface area contributed by atoms with Crippen molar-refractivity contribution < 1.29 is 4.79 Å². The molecule has 1 aromatic rings. The zero-order chi connectivity index (χ0) is 6.97. The Morgan fingerprint density at radius 1 is 1.50 bits per heavy atom. The molecule has 0 N–H and O–H groups in total. The molecule has 0 spiro atoms. The predicted octanol–water partition coefficient (Wildman–Crippen LogP) is 0.507. The lowest BCUT2D eigenvalue weighted by Crippen LogP contribution is -2.11. The SMILES string of the molecule is O=C1Cn2nccc2N=N1. The van der Waals surface area contributed by atoms with Crippen molar-refractivity contribution in [1.82, 2.24) is 9.78 Å². The Kier molecular flexibility index (Phi) is 0.913. The number of carbonyl (C=O) groups is 1. The highest BCUT2D eigenvalue weighted by Gasteiger charge is 2.11. The molecule has 0 aromatic carbocycles. The molecule has 0 unspecified atom stereocenters. The van der Waals surface area contributed by atoms with E-state index < -0.39 is 0 Å². The summed E-state index contributed by atoms with van der Waals surface area (Å²) < 4.78 is 1.51. The molecule has 1 aliphatic rings. The monoisotopic (exact) mass is 136 g/mol. The Morgan fingerprint density at radius 2 is 2.40 bits per heavy atom. The number of hydrogen-bond acceptors (Lipinski definition) is 3. The first-order chi connectivity index (χ1) is 4.86. The maximum absolute atomic E-state index is 10.6. The summed E-state index contributed by atoms with van der Waals surface area (Å²) in [5, 5.41) is 10.8. The lowest BCUT2D eigenvalue weighted by atomic mass is 10.5. The number of azo groups is 1. The zero-order valence-corrected chi connectivity index (χ0v) is 5.06. The molecule has 1 aliphatic heterocycles. The minimum atomic E-state index is -0.254. The average Bonchev–Trinajstić information content (AvgIpc) is 2.33. The molecule has 0 fully saturated rings. The van der Waals surface area contributed by atoms with E-state index in [1.54, 1.807) is 12.3 Å². The summed E-state index contributed by atoms with van der Waals surface area (Å²) in [6.07, 6.45) is 1.59. The van der Waals surface area contributed by atoms with Gasteiger partial charge in [0.1, 0.15) is 6.54 Å². The van der Waals surface area contributed by atoms with Gasteiger partial charge in [-0.1, -0.05) is 0 Å². The maximum Gasteiger partial charge on any atom is 0.286 e. The second-order valence-corrected chi connectivity index (χ2v) is 1.94. The topological polar surface area (TPSA) is 59.6 Å². The van der Waals surface area contributed by atoms with Gasteiger partial charge in [-0.05, 0) is 0 Å². The van der Waals surface area contributed by atoms with Crippen molar-refractivity contribution in [2.45, 2.75) is 6.54 Å². The van der Waals surface area contributed by atoms with E-state index in [2.05, 4.69) is 15.3 Å². The summed E-state index contributed by atoms with van der Waals surface area (Å²) in [6, 6.07) is 1.70. The fourth-order valence-electron chi connectivity index (χ4n) is 0.799. The van der Waals surface area contributed by atoms with E-state index in [4.69, 9.17) is 0 Å². The van der Waals surface area contributed by atoms with Crippen molar-refractivity contribution in [3.8, 4) is 0 Å². The van der Waals surface area contributed by atoms with Crippen molar-refractivity contribution in [2.75, 3.05) is 0 Å². The van der Waals surface area contributed by atoms with Gasteiger partial charge in [-0.3, -0.25) is 4.79 Å². The molecule has 1 aromatic heterocycles. The summed E-state index contributed by atoms with van der Waals surface area (Å²) in [5.41, 5.74) is 0. The van der Waals surface area contributed by atoms with Gasteiger partial charge in [0.2, 0.25) is 0 Å². The number of carbonyl (C=O) groups excluding carboxylic acids is 1. The first-order valence-corrected chi connectivity index (χ1v) is 2.82. The number of aromatic nitrogens is 2. The van der Waals surface area contributed by atoms with Crippen molar-refractivity contribution in [2.24, 2.45) is 10.2 Å². The fourth-order valence-corrected chi connectivity index (χ4v) is 0.799. The van der Waals surface area contributed by atoms with Crippen LogP contribution in [0.25, 0.3) is 0 Å². The Hall–Kier alpha value is -1.52. The van der Waals surface area contributed by atoms with Gasteiger partial charge in [0, 0.05) is 6.07 Å². The first kappa shape index (κ1) is 5.28. The van der Waals surface area contributed by atoms with Gasteiger partial charge in [-0.15, -0.1) is 10.2 Å². The van der Waals surface area contributed by atoms with E-state index in [0.717, 1.165) is 0 Å². The number of rotatable bonds is 0. The molecule has 10 heavy (non-hydrogen) atoms. The number of hydrogen-bond donors (Lipinski definition) is 0. The summed E-state index contributed by atoms with van der Waals surface area (Å²) in [6.45, 7) is 0.214. The van der Waals surface area contributed by atoms with E-state index in [9.17, 15) is 4.79 Å². The highest BCUT2D eigenvalue weighted by Crippen LogP contribution is 2.14. The third kappa shape index (κ3) is 0.637. The molecular formula is C5H4N4O. The van der Waals surface area contributed by atoms with Gasteiger partial charge in [0.25, 0.3) is 5.91 Å². The van der Waals surface area contributed by atoms with Gasteiger partial charge in [-0.2, -0.15) is 5.10 Å². The minimum absolute atomic E-state index is 0.214. The second kappa shape index (κ2) is 1.73. The predicted molar refractivity (Wildman–Crippen MR) is 31.7 cm³/mol. The van der Waals surface area contributed by atoms with Crippen molar-refractivity contribution in [1.29, 1.82) is 0 Å². The van der Waals surface area contributed by atoms with Crippen LogP contribution in [0.4, 0.5) is 5.82 Å². The minimum Gasteiger partial charge on any atom is -0.269 e. The molecule has 0 atom stereocenters. The molecule has 2 rings (SSSR count). The van der Waals surface area contributed by atoms with Crippen LogP contribution in [0.2, 0.25) is 0 Å². The lowest BCUT2D eigenvalue weighted by Gasteiger charge is -2.02. The van der Waals surface area contributed by atoms with Gasteiger partial charge in [0.15, 0.2) is 5.82 Å². The van der Waals surface area contributed by atoms with Gasteiger partial charge >= 0.3 is 0 Å². The van der Waals surface area contributed by atoms with Crippen LogP contribution in [0.5, 0.6) is 0 Å². The van der Waals surface area contributed by atoms with E-state index in [0.29, 0.717) is 5.82 Å². The summed E-state index contributed by atoms with van der Waals surface area (Å²) in [4.78, 5) is 10.6. The Bertz CT molecular complexity index is 300. The smallest absolute Gasteiger partial charge is 0.269 e. The summed E-state index contributed by atoms with van der Waals surface area (Å²) in [5.74, 6) is 0.385. The van der Waals surface area contributed by atoms with E-state index in [1.807, 2.05) is 0 Å². The summed E-state index contributed by atoms with van der Waals surface area (Å²) >= 11 is 0. The van der Waals surface area contributed by atoms with Crippen LogP contribution in [0.15, 0.2) is 22.5 Å². The van der Waals surface area contributed by atoms with Crippen LogP contribution in [-0.4, -0.2) is 15.7 Å². The maximum atomic E-state index is 10.6. The largest absolute Gasteiger partial charge is 0.286 e. The van der Waals surface area contributed by atoms with Crippen LogP contribution in [0.3, 0.4) is 0 Å². The summed E-state index contributed by atoms with van der Waals surface area (Å²) in [7, 11) is 0. The molecule has 5 nitrogen and oxygen atoms in total. The van der Waals surface area contributed by atoms with Crippen molar-refractivity contribution in [3.05, 3.63) is 12.3 Å². The van der Waals surface area contributed by atoms with E-state index in [1.165, 1.54) is 4.68 Å². The van der Waals surface area contributed by atoms with Crippen LogP contribution in [0.1, 0.15) is 0 Å². The second-order valence-electron chi connectivity index (χ2n) is 1.94. The zero-order valence-electron chi connectivity index (χ0n) is 5.06. The standard InChI is InChI=1S/C5H4N4O/c10-5-3-9-4(7-8-5)1-2-6-9/h1-2H,3H2. The highest BCUT2D eigenvalue weighted by molar-refractivity contribution is 5.77. The molecule has 0 bridgehead atoms. The molecule has 0 saturated carbocycles. The van der Waals surface area contributed by atoms with Gasteiger partial charge in [-0.25, -0.2) is 4.68 Å². The Morgan fingerprint density at radius 3 is 3.30 bits per heavy atom. The normalized spacial score (nSPS) is 15.4. The third-order valence-corrected chi connectivity index (χ3v) is 1.24. The van der Waals surface area contributed by atoms with E-state index in [-0.39, 0.29) is 12.5 Å². The highest BCUT2D eigenvalue weighted by atomic mass is 16.2. The van der Waals surface area contributed by atoms with Crippen LogP contribution in [-0.2, 0) is 11.3 Å². The van der Waals surface area contributed by atoms with E-state index >= 15 is 0 Å². The van der Waals surface area contributed by atoms with Crippen LogP contribution >= 0.6 is 0 Å². The molecule has 5 heteroatoms. The molecule has 0 radical (unpaired) electrons. The fraction of sp³-hybridized carbons (Fsp3) is 0.200. The van der Waals surface area contributed by atoms with Gasteiger partial charge in [0.05, 0.1) is 6.20 Å². The van der Waals surface area contributed by atoms with Crippen LogP contribution < -0.4 is 0 Å². The van der Waals surface area contributed by atoms with Crippen LogP contribution in [0, 0.1) is 0 Å². The van der Waals surface area contributed by atoms with Crippen molar-refractivity contribution in [3.63, 3.8) is 0 Å². The third-order valence-electron chi connectivity index (χ3n) is 1.24. The molecule has 0 saturated heterocycles. The molecule has 50 valence electrons. The number of amides is 1. The first-order valence-electron chi connectivity index (χ1n) is 2.82. The molecule has 0 aliphatic carbocycles. The quantitative estimate of drug-likeness (QED) is 0.521. The lowest BCUT2D eigenvalue weighted by molar-refractivity contribution is -0.119. The molecule has 1 amide bonds. The Labute approximate surface area is 56.4 Å².